The summed E-state index contributed by atoms with van der Waals surface area (Å²) in [6, 6.07) is -1.22. The summed E-state index contributed by atoms with van der Waals surface area (Å²) >= 11 is 0. The summed E-state index contributed by atoms with van der Waals surface area (Å²) in [6.07, 6.45) is 30.5. The van der Waals surface area contributed by atoms with Crippen molar-refractivity contribution >= 4 is 5.91 Å². The number of aliphatic hydroxyl groups is 7. The van der Waals surface area contributed by atoms with Gasteiger partial charge >= 0.3 is 0 Å². The number of hydrogen-bond acceptors (Lipinski definition) is 10. The van der Waals surface area contributed by atoms with E-state index in [1.54, 1.807) is 6.08 Å². The van der Waals surface area contributed by atoms with Gasteiger partial charge in [-0.2, -0.15) is 0 Å². The molecule has 0 saturated carbocycles. The topological polar surface area (TPSA) is 189 Å². The van der Waals surface area contributed by atoms with Crippen LogP contribution in [0.3, 0.4) is 0 Å². The Kier molecular flexibility index (Phi) is 33.5. The third-order valence-corrected chi connectivity index (χ3v) is 10.6. The molecule has 1 rings (SSSR count). The van der Waals surface area contributed by atoms with Crippen LogP contribution in [0, 0.1) is 0 Å². The van der Waals surface area contributed by atoms with Gasteiger partial charge in [0.25, 0.3) is 0 Å². The summed E-state index contributed by atoms with van der Waals surface area (Å²) in [5, 5.41) is 75.3. The summed E-state index contributed by atoms with van der Waals surface area (Å²) in [6.45, 7) is 3.35. The van der Waals surface area contributed by atoms with Crippen LogP contribution in [0.4, 0.5) is 0 Å². The van der Waals surface area contributed by atoms with Crippen molar-refractivity contribution in [2.45, 2.75) is 223 Å². The number of rotatable bonds is 36. The van der Waals surface area contributed by atoms with Crippen molar-refractivity contribution in [1.82, 2.24) is 5.32 Å². The van der Waals surface area contributed by atoms with Gasteiger partial charge in [0, 0.05) is 6.42 Å². The molecule has 0 aromatic rings. The lowest BCUT2D eigenvalue weighted by molar-refractivity contribution is -0.303. The Morgan fingerprint density at radius 3 is 1.68 bits per heavy atom. The fraction of sp³-hybridized carbons (Fsp3) is 0.804. The van der Waals surface area contributed by atoms with E-state index in [4.69, 9.17) is 9.47 Å². The number of ether oxygens (including phenoxy) is 2. The highest BCUT2D eigenvalue weighted by atomic mass is 16.7. The van der Waals surface area contributed by atoms with E-state index in [9.17, 15) is 40.5 Å². The minimum Gasteiger partial charge on any atom is -0.394 e. The van der Waals surface area contributed by atoms with Gasteiger partial charge in [-0.15, -0.1) is 0 Å². The minimum atomic E-state index is -1.68. The first-order valence-corrected chi connectivity index (χ1v) is 22.5. The summed E-state index contributed by atoms with van der Waals surface area (Å²) in [4.78, 5) is 13.0. The normalized spacial score (nSPS) is 22.6. The SMILES string of the molecule is CCCCCCCC/C=C\C/C=C\CC(O)C(=O)NC(COC1OC(CO)C(O)C(O)C1O)C(O)C(O)CCC/C=C/CC/C=C/CCCCCCCCCCC. The van der Waals surface area contributed by atoms with Crippen molar-refractivity contribution in [2.24, 2.45) is 0 Å². The number of allylic oxidation sites excluding steroid dienone is 7. The Bertz CT molecular complexity index is 1070. The molecule has 1 aliphatic heterocycles. The largest absolute Gasteiger partial charge is 0.394 e. The monoisotopic (exact) mass is 810 g/mol. The molecule has 0 radical (unpaired) electrons. The fourth-order valence-electron chi connectivity index (χ4n) is 6.79. The maximum absolute atomic E-state index is 13.0. The first-order chi connectivity index (χ1) is 27.7. The van der Waals surface area contributed by atoms with Gasteiger partial charge in [0.1, 0.15) is 36.6 Å². The van der Waals surface area contributed by atoms with Gasteiger partial charge in [-0.05, 0) is 64.2 Å². The van der Waals surface area contributed by atoms with Crippen molar-refractivity contribution < 1.29 is 50.0 Å². The quantitative estimate of drug-likeness (QED) is 0.0242. The lowest BCUT2D eigenvalue weighted by Crippen LogP contribution is -2.60. The highest BCUT2D eigenvalue weighted by Crippen LogP contribution is 2.23. The molecule has 9 atom stereocenters. The van der Waals surface area contributed by atoms with Gasteiger partial charge < -0.3 is 50.5 Å². The highest BCUT2D eigenvalue weighted by molar-refractivity contribution is 5.81. The highest BCUT2D eigenvalue weighted by Gasteiger charge is 2.44. The number of nitrogens with one attached hydrogen (secondary N) is 1. The molecular weight excluding hydrogens is 727 g/mol. The van der Waals surface area contributed by atoms with Crippen molar-refractivity contribution in [3.8, 4) is 0 Å². The molecule has 57 heavy (non-hydrogen) atoms. The van der Waals surface area contributed by atoms with Gasteiger partial charge in [-0.3, -0.25) is 4.79 Å². The standard InChI is InChI=1S/C46H83NO10/c1-3-5-7-9-11-13-15-17-18-19-20-21-22-24-25-27-29-31-33-38(49)41(51)37(36-56-46-44(54)43(53)42(52)40(35-48)57-46)47-45(55)39(50)34-32-30-28-26-23-16-14-12-10-8-6-4-2/h20-21,23,25-27,30,32,37-44,46,48-54H,3-19,22,24,28-29,31,33-36H2,1-2H3,(H,47,55)/b21-20+,26-23-,27-25+,32-30-. The van der Waals surface area contributed by atoms with Gasteiger partial charge in [0.15, 0.2) is 6.29 Å². The number of unbranched alkanes of at least 4 members (excludes halogenated alkanes) is 17. The molecule has 0 bridgehead atoms. The first-order valence-electron chi connectivity index (χ1n) is 22.5. The van der Waals surface area contributed by atoms with Gasteiger partial charge in [0.2, 0.25) is 5.91 Å². The zero-order valence-electron chi connectivity index (χ0n) is 35.6. The number of carbonyl (C=O) groups excluding carboxylic acids is 1. The third kappa shape index (κ3) is 26.0. The zero-order chi connectivity index (χ0) is 41.9. The van der Waals surface area contributed by atoms with Crippen molar-refractivity contribution in [3.05, 3.63) is 48.6 Å². The molecule has 1 aliphatic rings. The Labute approximate surface area is 345 Å². The maximum Gasteiger partial charge on any atom is 0.249 e. The average molecular weight is 810 g/mol. The van der Waals surface area contributed by atoms with E-state index in [-0.39, 0.29) is 12.8 Å². The predicted molar refractivity (Wildman–Crippen MR) is 228 cm³/mol. The fourth-order valence-corrected chi connectivity index (χ4v) is 6.79. The molecule has 332 valence electrons. The van der Waals surface area contributed by atoms with Crippen LogP contribution in [0.2, 0.25) is 0 Å². The van der Waals surface area contributed by atoms with Crippen LogP contribution in [0.1, 0.15) is 168 Å². The zero-order valence-corrected chi connectivity index (χ0v) is 35.6. The van der Waals surface area contributed by atoms with Crippen molar-refractivity contribution in [3.63, 3.8) is 0 Å². The molecule has 1 heterocycles. The summed E-state index contributed by atoms with van der Waals surface area (Å²) < 4.78 is 11.0. The van der Waals surface area contributed by atoms with E-state index in [1.807, 2.05) is 6.08 Å². The molecule has 0 aliphatic carbocycles. The molecule has 1 fully saturated rings. The molecule has 9 unspecified atom stereocenters. The molecule has 11 heteroatoms. The van der Waals surface area contributed by atoms with Crippen LogP contribution >= 0.6 is 0 Å². The Balaban J connectivity index is 2.55. The van der Waals surface area contributed by atoms with Crippen molar-refractivity contribution in [2.75, 3.05) is 13.2 Å². The van der Waals surface area contributed by atoms with E-state index in [1.165, 1.54) is 96.3 Å². The summed E-state index contributed by atoms with van der Waals surface area (Å²) in [5.74, 6) is -0.780. The van der Waals surface area contributed by atoms with Gasteiger partial charge in [0.05, 0.1) is 25.4 Å². The molecular formula is C46H83NO10. The van der Waals surface area contributed by atoms with Crippen LogP contribution in [-0.2, 0) is 14.3 Å². The van der Waals surface area contributed by atoms with Crippen LogP contribution in [-0.4, -0.2) is 110 Å². The molecule has 11 nitrogen and oxygen atoms in total. The summed E-state index contributed by atoms with van der Waals surface area (Å²) in [7, 11) is 0. The lowest BCUT2D eigenvalue weighted by Gasteiger charge is -2.40. The van der Waals surface area contributed by atoms with Gasteiger partial charge in [-0.1, -0.05) is 146 Å². The lowest BCUT2D eigenvalue weighted by atomic mass is 9.99. The predicted octanol–water partition coefficient (Wildman–Crippen LogP) is 7.00. The van der Waals surface area contributed by atoms with Crippen LogP contribution < -0.4 is 5.32 Å². The second kappa shape index (κ2) is 36.0. The van der Waals surface area contributed by atoms with E-state index in [0.29, 0.717) is 19.3 Å². The number of hydrogen-bond donors (Lipinski definition) is 8. The smallest absolute Gasteiger partial charge is 0.249 e. The maximum atomic E-state index is 13.0. The Morgan fingerprint density at radius 2 is 1.12 bits per heavy atom. The summed E-state index contributed by atoms with van der Waals surface area (Å²) in [5.41, 5.74) is 0. The number of aliphatic hydroxyl groups excluding tert-OH is 7. The van der Waals surface area contributed by atoms with Crippen LogP contribution in [0.5, 0.6) is 0 Å². The molecule has 0 spiro atoms. The third-order valence-electron chi connectivity index (χ3n) is 10.6. The molecule has 0 aromatic carbocycles. The number of carbonyl (C=O) groups is 1. The molecule has 0 aromatic heterocycles. The van der Waals surface area contributed by atoms with E-state index >= 15 is 0 Å². The van der Waals surface area contributed by atoms with Crippen LogP contribution in [0.25, 0.3) is 0 Å². The van der Waals surface area contributed by atoms with Crippen LogP contribution in [0.15, 0.2) is 48.6 Å². The first kappa shape index (κ1) is 53.1. The van der Waals surface area contributed by atoms with Crippen molar-refractivity contribution in [1.29, 1.82) is 0 Å². The second-order valence-corrected chi connectivity index (χ2v) is 15.8. The molecule has 8 N–H and O–H groups in total. The van der Waals surface area contributed by atoms with E-state index in [0.717, 1.165) is 25.7 Å². The Hall–Kier alpha value is -1.93. The molecule has 1 amide bonds. The van der Waals surface area contributed by atoms with E-state index < -0.39 is 74.2 Å². The Morgan fingerprint density at radius 1 is 0.632 bits per heavy atom. The average Bonchev–Trinajstić information content (AvgIpc) is 3.21. The van der Waals surface area contributed by atoms with Gasteiger partial charge in [-0.25, -0.2) is 0 Å². The minimum absolute atomic E-state index is 0.0392. The molecule has 1 saturated heterocycles. The van der Waals surface area contributed by atoms with E-state index in [2.05, 4.69) is 55.6 Å². The second-order valence-electron chi connectivity index (χ2n) is 15.8. The number of amides is 1.